The number of nitrogens with zero attached hydrogens (tertiary/aromatic N) is 1. The van der Waals surface area contributed by atoms with Gasteiger partial charge in [-0.2, -0.15) is 0 Å². The van der Waals surface area contributed by atoms with Crippen LogP contribution in [0.4, 0.5) is 5.69 Å². The Morgan fingerprint density at radius 2 is 2.00 bits per heavy atom. The van der Waals surface area contributed by atoms with E-state index in [9.17, 15) is 0 Å². The fourth-order valence-electron chi connectivity index (χ4n) is 2.10. The van der Waals surface area contributed by atoms with E-state index in [1.54, 1.807) is 0 Å². The smallest absolute Gasteiger partial charge is 0.0726 e. The van der Waals surface area contributed by atoms with E-state index in [1.165, 1.54) is 0 Å². The van der Waals surface area contributed by atoms with Crippen LogP contribution in [0, 0.1) is 0 Å². The number of pyridine rings is 1. The van der Waals surface area contributed by atoms with Gasteiger partial charge in [-0.05, 0) is 18.9 Å². The highest BCUT2D eigenvalue weighted by molar-refractivity contribution is 5.95. The van der Waals surface area contributed by atoms with Crippen molar-refractivity contribution in [2.75, 3.05) is 5.73 Å². The van der Waals surface area contributed by atoms with E-state index >= 15 is 0 Å². The zero-order valence-corrected chi connectivity index (χ0v) is 8.90. The van der Waals surface area contributed by atoms with Gasteiger partial charge in [0.15, 0.2) is 0 Å². The summed E-state index contributed by atoms with van der Waals surface area (Å²) >= 11 is 0. The summed E-state index contributed by atoms with van der Waals surface area (Å²) in [6.45, 7) is 0. The Bertz CT molecular complexity index is 561. The quantitative estimate of drug-likeness (QED) is 0.728. The van der Waals surface area contributed by atoms with Gasteiger partial charge < -0.3 is 11.2 Å². The molecule has 3 nitrogen and oxygen atoms in total. The molecule has 0 atom stereocenters. The lowest BCUT2D eigenvalue weighted by Crippen LogP contribution is -2.03. The number of para-hydroxylation sites is 1. The Morgan fingerprint density at radius 3 is 2.88 bits per heavy atom. The van der Waals surface area contributed by atoms with Gasteiger partial charge in [-0.1, -0.05) is 30.4 Å². The van der Waals surface area contributed by atoms with Gasteiger partial charge in [0.05, 0.1) is 16.9 Å². The SMILES string of the molecule is Nc1c2c(nc3ccccc13)CCC=C2.O. The first-order chi connectivity index (χ1) is 7.36. The summed E-state index contributed by atoms with van der Waals surface area (Å²) in [5.74, 6) is 0. The van der Waals surface area contributed by atoms with Crippen molar-refractivity contribution in [3.63, 3.8) is 0 Å². The Balaban J connectivity index is 0.000000963. The van der Waals surface area contributed by atoms with Gasteiger partial charge in [0.25, 0.3) is 0 Å². The van der Waals surface area contributed by atoms with Gasteiger partial charge in [-0.3, -0.25) is 4.98 Å². The van der Waals surface area contributed by atoms with E-state index in [-0.39, 0.29) is 5.48 Å². The van der Waals surface area contributed by atoms with Crippen LogP contribution in [0.2, 0.25) is 0 Å². The Morgan fingerprint density at radius 1 is 1.19 bits per heavy atom. The molecule has 0 radical (unpaired) electrons. The summed E-state index contributed by atoms with van der Waals surface area (Å²) in [7, 11) is 0. The van der Waals surface area contributed by atoms with Crippen molar-refractivity contribution in [2.24, 2.45) is 0 Å². The number of aromatic nitrogens is 1. The normalized spacial score (nSPS) is 13.2. The molecule has 2 aromatic rings. The number of fused-ring (bicyclic) bond motifs is 2. The maximum absolute atomic E-state index is 6.15. The number of hydrogen-bond acceptors (Lipinski definition) is 2. The monoisotopic (exact) mass is 214 g/mol. The van der Waals surface area contributed by atoms with E-state index in [1.807, 2.05) is 24.3 Å². The average Bonchev–Trinajstić information content (AvgIpc) is 2.30. The summed E-state index contributed by atoms with van der Waals surface area (Å²) < 4.78 is 0. The molecule has 3 rings (SSSR count). The van der Waals surface area contributed by atoms with Crippen molar-refractivity contribution in [1.82, 2.24) is 4.98 Å². The standard InChI is InChI=1S/C13H12N2.H2O/c14-13-9-5-1-3-7-11(9)15-12-8-4-2-6-10(12)13;/h1-3,5-7H,4,8H2,(H2,14,15);1H2. The summed E-state index contributed by atoms with van der Waals surface area (Å²) in [5, 5.41) is 1.06. The summed E-state index contributed by atoms with van der Waals surface area (Å²) in [5.41, 5.74) is 10.3. The van der Waals surface area contributed by atoms with Gasteiger partial charge in [0.2, 0.25) is 0 Å². The zero-order chi connectivity index (χ0) is 10.3. The number of allylic oxidation sites excluding steroid dienone is 1. The van der Waals surface area contributed by atoms with E-state index in [2.05, 4.69) is 17.1 Å². The van der Waals surface area contributed by atoms with E-state index in [0.29, 0.717) is 0 Å². The predicted molar refractivity (Wildman–Crippen MR) is 67.1 cm³/mol. The second kappa shape index (κ2) is 3.94. The van der Waals surface area contributed by atoms with Crippen LogP contribution in [-0.2, 0) is 6.42 Å². The summed E-state index contributed by atoms with van der Waals surface area (Å²) in [4.78, 5) is 4.65. The molecule has 0 aliphatic heterocycles. The lowest BCUT2D eigenvalue weighted by atomic mass is 9.99. The molecule has 0 saturated heterocycles. The third-order valence-electron chi connectivity index (χ3n) is 2.88. The third-order valence-corrected chi connectivity index (χ3v) is 2.88. The molecule has 82 valence electrons. The molecule has 0 fully saturated rings. The van der Waals surface area contributed by atoms with Crippen LogP contribution < -0.4 is 5.73 Å². The number of aryl methyl sites for hydroxylation is 1. The lowest BCUT2D eigenvalue weighted by Gasteiger charge is -2.14. The van der Waals surface area contributed by atoms with E-state index in [4.69, 9.17) is 5.73 Å². The fraction of sp³-hybridized carbons (Fsp3) is 0.154. The van der Waals surface area contributed by atoms with Crippen LogP contribution in [0.25, 0.3) is 17.0 Å². The van der Waals surface area contributed by atoms with Crippen molar-refractivity contribution in [3.05, 3.63) is 41.6 Å². The van der Waals surface area contributed by atoms with Gasteiger partial charge in [-0.15, -0.1) is 0 Å². The van der Waals surface area contributed by atoms with Crippen molar-refractivity contribution in [2.45, 2.75) is 12.8 Å². The molecule has 1 aromatic heterocycles. The number of rotatable bonds is 0. The fourth-order valence-corrected chi connectivity index (χ4v) is 2.10. The molecule has 0 spiro atoms. The van der Waals surface area contributed by atoms with Crippen molar-refractivity contribution in [3.8, 4) is 0 Å². The molecule has 0 bridgehead atoms. The maximum Gasteiger partial charge on any atom is 0.0726 e. The molecule has 1 aliphatic rings. The number of nitrogen functional groups attached to an aromatic ring is 1. The predicted octanol–water partition coefficient (Wildman–Crippen LogP) is 1.95. The largest absolute Gasteiger partial charge is 0.412 e. The molecule has 0 saturated carbocycles. The topological polar surface area (TPSA) is 70.4 Å². The van der Waals surface area contributed by atoms with Crippen molar-refractivity contribution < 1.29 is 5.48 Å². The molecule has 1 aliphatic carbocycles. The number of hydrogen-bond donors (Lipinski definition) is 1. The first-order valence-electron chi connectivity index (χ1n) is 5.20. The van der Waals surface area contributed by atoms with E-state index < -0.39 is 0 Å². The molecule has 0 unspecified atom stereocenters. The molecule has 4 N–H and O–H groups in total. The Labute approximate surface area is 93.9 Å². The zero-order valence-electron chi connectivity index (χ0n) is 8.90. The highest BCUT2D eigenvalue weighted by atomic mass is 16.0. The lowest BCUT2D eigenvalue weighted by molar-refractivity contribution is 0.824. The number of benzene rings is 1. The minimum absolute atomic E-state index is 0. The van der Waals surface area contributed by atoms with Crippen molar-refractivity contribution >= 4 is 22.7 Å². The number of anilines is 1. The van der Waals surface area contributed by atoms with Crippen LogP contribution in [0.5, 0.6) is 0 Å². The van der Waals surface area contributed by atoms with E-state index in [0.717, 1.165) is 40.7 Å². The van der Waals surface area contributed by atoms with Crippen LogP contribution in [-0.4, -0.2) is 10.5 Å². The first-order valence-corrected chi connectivity index (χ1v) is 5.20. The van der Waals surface area contributed by atoms with Gasteiger partial charge in [0.1, 0.15) is 0 Å². The number of nitrogens with two attached hydrogens (primary N) is 1. The molecule has 1 heterocycles. The summed E-state index contributed by atoms with van der Waals surface area (Å²) in [6, 6.07) is 8.05. The third kappa shape index (κ3) is 1.46. The van der Waals surface area contributed by atoms with Crippen LogP contribution in [0.1, 0.15) is 17.7 Å². The minimum atomic E-state index is 0. The Hall–Kier alpha value is -1.87. The van der Waals surface area contributed by atoms with Crippen molar-refractivity contribution in [1.29, 1.82) is 0 Å². The second-order valence-electron chi connectivity index (χ2n) is 3.84. The minimum Gasteiger partial charge on any atom is -0.412 e. The molecular formula is C13H14N2O. The highest BCUT2D eigenvalue weighted by Crippen LogP contribution is 2.29. The highest BCUT2D eigenvalue weighted by Gasteiger charge is 2.12. The summed E-state index contributed by atoms with van der Waals surface area (Å²) in [6.07, 6.45) is 6.32. The van der Waals surface area contributed by atoms with Gasteiger partial charge in [-0.25, -0.2) is 0 Å². The molecule has 16 heavy (non-hydrogen) atoms. The van der Waals surface area contributed by atoms with Gasteiger partial charge in [0, 0.05) is 10.9 Å². The first kappa shape index (κ1) is 10.6. The molecule has 0 amide bonds. The van der Waals surface area contributed by atoms with Gasteiger partial charge >= 0.3 is 0 Å². The molecule has 3 heteroatoms. The molecule has 1 aromatic carbocycles. The second-order valence-corrected chi connectivity index (χ2v) is 3.84. The van der Waals surface area contributed by atoms with Crippen LogP contribution >= 0.6 is 0 Å². The average molecular weight is 214 g/mol. The van der Waals surface area contributed by atoms with Crippen LogP contribution in [0.15, 0.2) is 30.3 Å². The maximum atomic E-state index is 6.15. The Kier molecular flexibility index (Phi) is 2.62. The van der Waals surface area contributed by atoms with Crippen LogP contribution in [0.3, 0.4) is 0 Å². The molecular weight excluding hydrogens is 200 g/mol.